The maximum absolute atomic E-state index is 12.2. The number of rotatable bonds is 3. The van der Waals surface area contributed by atoms with Crippen molar-refractivity contribution in [2.75, 3.05) is 18.4 Å². The van der Waals surface area contributed by atoms with Crippen LogP contribution in [-0.4, -0.2) is 33.8 Å². The zero-order chi connectivity index (χ0) is 14.7. The lowest BCUT2D eigenvalue weighted by Crippen LogP contribution is -2.32. The first-order valence-corrected chi connectivity index (χ1v) is 7.22. The summed E-state index contributed by atoms with van der Waals surface area (Å²) in [5, 5.41) is 10.5. The third kappa shape index (κ3) is 3.28. The largest absolute Gasteiger partial charge is 0.315 e. The average molecular weight is 285 g/mol. The number of carbonyl (C=O) groups is 1. The van der Waals surface area contributed by atoms with E-state index < -0.39 is 0 Å². The summed E-state index contributed by atoms with van der Waals surface area (Å²) in [7, 11) is 0. The average Bonchev–Trinajstić information content (AvgIpc) is 2.98. The molecule has 1 aliphatic heterocycles. The molecule has 0 bridgehead atoms. The third-order valence-corrected chi connectivity index (χ3v) is 3.64. The summed E-state index contributed by atoms with van der Waals surface area (Å²) in [6.07, 6.45) is 5.78. The van der Waals surface area contributed by atoms with Crippen LogP contribution in [-0.2, 0) is 0 Å². The maximum Gasteiger partial charge on any atom is 0.277 e. The van der Waals surface area contributed by atoms with Crippen molar-refractivity contribution < 1.29 is 4.79 Å². The summed E-state index contributed by atoms with van der Waals surface area (Å²) >= 11 is 0. The Bertz CT molecular complexity index is 630. The summed E-state index contributed by atoms with van der Waals surface area (Å²) in [5.41, 5.74) is 1.47. The molecule has 1 amide bonds. The highest BCUT2D eigenvalue weighted by Gasteiger charge is 2.17. The van der Waals surface area contributed by atoms with Gasteiger partial charge in [-0.05, 0) is 50.1 Å². The first-order valence-electron chi connectivity index (χ1n) is 7.22. The van der Waals surface area contributed by atoms with Crippen LogP contribution in [0.3, 0.4) is 0 Å². The van der Waals surface area contributed by atoms with Gasteiger partial charge < -0.3 is 10.6 Å². The minimum atomic E-state index is -0.226. The van der Waals surface area contributed by atoms with Gasteiger partial charge in [-0.1, -0.05) is 0 Å². The van der Waals surface area contributed by atoms with Crippen LogP contribution in [0.4, 0.5) is 5.82 Å². The minimum Gasteiger partial charge on any atom is -0.315 e. The lowest BCUT2D eigenvalue weighted by Gasteiger charge is -2.22. The van der Waals surface area contributed by atoms with Crippen molar-refractivity contribution in [3.63, 3.8) is 0 Å². The van der Waals surface area contributed by atoms with Gasteiger partial charge in [0.15, 0.2) is 5.69 Å². The Hall–Kier alpha value is -2.21. The molecule has 3 rings (SSSR count). The quantitative estimate of drug-likeness (QED) is 0.901. The summed E-state index contributed by atoms with van der Waals surface area (Å²) < 4.78 is 1.88. The Morgan fingerprint density at radius 1 is 1.48 bits per heavy atom. The Kier molecular flexibility index (Phi) is 3.96. The molecule has 1 unspecified atom stereocenters. The van der Waals surface area contributed by atoms with Crippen molar-refractivity contribution in [2.24, 2.45) is 0 Å². The fourth-order valence-corrected chi connectivity index (χ4v) is 2.51. The summed E-state index contributed by atoms with van der Waals surface area (Å²) in [5.74, 6) is 0.324. The second-order valence-corrected chi connectivity index (χ2v) is 5.35. The molecule has 0 aromatic carbocycles. The molecule has 2 aromatic heterocycles. The van der Waals surface area contributed by atoms with E-state index in [-0.39, 0.29) is 5.91 Å². The monoisotopic (exact) mass is 285 g/mol. The number of carbonyl (C=O) groups excluding carboxylic acids is 1. The van der Waals surface area contributed by atoms with Crippen LogP contribution in [0.25, 0.3) is 0 Å². The van der Waals surface area contributed by atoms with Crippen LogP contribution in [0.15, 0.2) is 30.6 Å². The van der Waals surface area contributed by atoms with Gasteiger partial charge in [0.2, 0.25) is 0 Å². The van der Waals surface area contributed by atoms with Gasteiger partial charge in [-0.2, -0.15) is 5.10 Å². The fourth-order valence-electron chi connectivity index (χ4n) is 2.51. The van der Waals surface area contributed by atoms with Gasteiger partial charge in [-0.25, -0.2) is 4.98 Å². The van der Waals surface area contributed by atoms with Crippen molar-refractivity contribution in [1.29, 1.82) is 0 Å². The van der Waals surface area contributed by atoms with E-state index in [0.29, 0.717) is 17.6 Å². The van der Waals surface area contributed by atoms with E-state index in [4.69, 9.17) is 0 Å². The molecule has 21 heavy (non-hydrogen) atoms. The lowest BCUT2D eigenvalue weighted by atomic mass is 10.1. The zero-order valence-corrected chi connectivity index (χ0v) is 12.0. The van der Waals surface area contributed by atoms with Gasteiger partial charge in [-0.3, -0.25) is 9.48 Å². The minimum absolute atomic E-state index is 0.226. The number of nitrogens with one attached hydrogen (secondary N) is 2. The molecule has 0 spiro atoms. The lowest BCUT2D eigenvalue weighted by molar-refractivity contribution is 0.102. The molecule has 3 heterocycles. The number of piperidine rings is 1. The number of hydrogen-bond donors (Lipinski definition) is 2. The van der Waals surface area contributed by atoms with E-state index in [9.17, 15) is 4.79 Å². The number of amides is 1. The molecule has 0 radical (unpaired) electrons. The van der Waals surface area contributed by atoms with Crippen molar-refractivity contribution in [2.45, 2.75) is 25.8 Å². The predicted octanol–water partition coefficient (Wildman–Crippen LogP) is 1.76. The van der Waals surface area contributed by atoms with Crippen LogP contribution in [0.1, 0.15) is 34.9 Å². The third-order valence-electron chi connectivity index (χ3n) is 3.64. The topological polar surface area (TPSA) is 71.8 Å². The number of hydrogen-bond acceptors (Lipinski definition) is 4. The van der Waals surface area contributed by atoms with Gasteiger partial charge in [0.25, 0.3) is 5.91 Å². The number of nitrogens with zero attached hydrogens (tertiary/aromatic N) is 3. The fraction of sp³-hybridized carbons (Fsp3) is 0.400. The molecule has 6 heteroatoms. The van der Waals surface area contributed by atoms with Crippen LogP contribution in [0.5, 0.6) is 0 Å². The van der Waals surface area contributed by atoms with E-state index in [0.717, 1.165) is 31.5 Å². The predicted molar refractivity (Wildman–Crippen MR) is 80.3 cm³/mol. The maximum atomic E-state index is 12.2. The molecule has 1 fully saturated rings. The van der Waals surface area contributed by atoms with Gasteiger partial charge in [0.05, 0.1) is 6.04 Å². The SMILES string of the molecule is Cc1ccnc(NC(=O)c2ccn(C3CCCNC3)n2)c1. The van der Waals surface area contributed by atoms with Crippen molar-refractivity contribution >= 4 is 11.7 Å². The van der Waals surface area contributed by atoms with Gasteiger partial charge in [0.1, 0.15) is 5.82 Å². The first-order chi connectivity index (χ1) is 10.2. The summed E-state index contributed by atoms with van der Waals surface area (Å²) in [6, 6.07) is 5.80. The highest BCUT2D eigenvalue weighted by atomic mass is 16.2. The van der Waals surface area contributed by atoms with E-state index in [1.165, 1.54) is 0 Å². The molecule has 1 saturated heterocycles. The van der Waals surface area contributed by atoms with E-state index in [2.05, 4.69) is 20.7 Å². The van der Waals surface area contributed by atoms with Crippen molar-refractivity contribution in [1.82, 2.24) is 20.1 Å². The highest BCUT2D eigenvalue weighted by Crippen LogP contribution is 2.16. The Balaban J connectivity index is 1.69. The molecule has 2 aromatic rings. The summed E-state index contributed by atoms with van der Waals surface area (Å²) in [6.45, 7) is 3.93. The molecule has 1 aliphatic rings. The number of pyridine rings is 1. The zero-order valence-electron chi connectivity index (χ0n) is 12.0. The molecule has 6 nitrogen and oxygen atoms in total. The molecule has 0 saturated carbocycles. The van der Waals surface area contributed by atoms with E-state index >= 15 is 0 Å². The van der Waals surface area contributed by atoms with E-state index in [1.54, 1.807) is 12.3 Å². The smallest absolute Gasteiger partial charge is 0.277 e. The second kappa shape index (κ2) is 6.05. The molecule has 110 valence electrons. The molecular weight excluding hydrogens is 266 g/mol. The Morgan fingerprint density at radius 3 is 3.14 bits per heavy atom. The normalized spacial score (nSPS) is 18.4. The molecular formula is C15H19N5O. The van der Waals surface area contributed by atoms with Gasteiger partial charge in [0, 0.05) is 18.9 Å². The Morgan fingerprint density at radius 2 is 2.38 bits per heavy atom. The van der Waals surface area contributed by atoms with Crippen LogP contribution in [0, 0.1) is 6.92 Å². The van der Waals surface area contributed by atoms with Crippen molar-refractivity contribution in [3.8, 4) is 0 Å². The van der Waals surface area contributed by atoms with Crippen LogP contribution in [0.2, 0.25) is 0 Å². The van der Waals surface area contributed by atoms with Gasteiger partial charge >= 0.3 is 0 Å². The number of anilines is 1. The highest BCUT2D eigenvalue weighted by molar-refractivity contribution is 6.02. The second-order valence-electron chi connectivity index (χ2n) is 5.35. The first kappa shape index (κ1) is 13.8. The number of aromatic nitrogens is 3. The van der Waals surface area contributed by atoms with Gasteiger partial charge in [-0.15, -0.1) is 0 Å². The number of aryl methyl sites for hydroxylation is 1. The summed E-state index contributed by atoms with van der Waals surface area (Å²) in [4.78, 5) is 16.3. The van der Waals surface area contributed by atoms with Crippen molar-refractivity contribution in [3.05, 3.63) is 41.9 Å². The standard InChI is InChI=1S/C15H19N5O/c1-11-4-7-17-14(9-11)18-15(21)13-5-8-20(19-13)12-3-2-6-16-10-12/h4-5,7-9,12,16H,2-3,6,10H2,1H3,(H,17,18,21). The van der Waals surface area contributed by atoms with E-state index in [1.807, 2.05) is 29.9 Å². The molecule has 2 N–H and O–H groups in total. The Labute approximate surface area is 123 Å². The van der Waals surface area contributed by atoms with Crippen LogP contribution >= 0.6 is 0 Å². The van der Waals surface area contributed by atoms with Crippen LogP contribution < -0.4 is 10.6 Å². The molecule has 1 atom stereocenters. The molecule has 0 aliphatic carbocycles.